The van der Waals surface area contributed by atoms with Gasteiger partial charge in [0.25, 0.3) is 0 Å². The summed E-state index contributed by atoms with van der Waals surface area (Å²) in [5.74, 6) is -1.37. The number of nitrogens with one attached hydrogen (secondary N) is 4. The van der Waals surface area contributed by atoms with Gasteiger partial charge < -0.3 is 26.4 Å². The van der Waals surface area contributed by atoms with E-state index in [1.54, 1.807) is 24.3 Å². The zero-order chi connectivity index (χ0) is 23.6. The number of rotatable bonds is 13. The topological polar surface area (TPSA) is 163 Å². The molecule has 0 aliphatic carbocycles. The van der Waals surface area contributed by atoms with Gasteiger partial charge in [-0.2, -0.15) is 0 Å². The molecular weight excluding hydrogens is 434 g/mol. The zero-order valence-electron chi connectivity index (χ0n) is 17.4. The first-order valence-corrected chi connectivity index (χ1v) is 11.4. The second kappa shape index (κ2) is 11.7. The molecule has 0 aromatic heterocycles. The van der Waals surface area contributed by atoms with Gasteiger partial charge in [0, 0.05) is 24.5 Å². The lowest BCUT2D eigenvalue weighted by atomic mass is 10.1. The molecule has 0 bridgehead atoms. The van der Waals surface area contributed by atoms with Crippen molar-refractivity contribution in [3.8, 4) is 0 Å². The fraction of sp³-hybridized carbons (Fsp3) is 0.238. The number of nitrogens with two attached hydrogens (primary N) is 1. The van der Waals surface area contributed by atoms with Crippen molar-refractivity contribution in [2.75, 3.05) is 22.9 Å². The summed E-state index contributed by atoms with van der Waals surface area (Å²) in [4.78, 5) is 23.7. The summed E-state index contributed by atoms with van der Waals surface area (Å²) < 4.78 is 21.9. The maximum atomic E-state index is 12.5. The van der Waals surface area contributed by atoms with E-state index in [9.17, 15) is 18.0 Å². The van der Waals surface area contributed by atoms with Gasteiger partial charge in [-0.05, 0) is 29.8 Å². The molecule has 0 saturated heterocycles. The van der Waals surface area contributed by atoms with Crippen molar-refractivity contribution in [1.82, 2.24) is 10.6 Å². The highest BCUT2D eigenvalue weighted by Crippen LogP contribution is 2.16. The van der Waals surface area contributed by atoms with Crippen molar-refractivity contribution in [2.24, 2.45) is 5.14 Å². The molecule has 172 valence electrons. The van der Waals surface area contributed by atoms with Crippen molar-refractivity contribution in [3.05, 3.63) is 72.6 Å². The van der Waals surface area contributed by atoms with E-state index >= 15 is 0 Å². The Kier molecular flexibility index (Phi) is 9.05. The lowest BCUT2D eigenvalue weighted by Crippen LogP contribution is -2.40. The first kappa shape index (κ1) is 24.7. The summed E-state index contributed by atoms with van der Waals surface area (Å²) in [5.41, 5.74) is 2.12. The molecule has 32 heavy (non-hydrogen) atoms. The van der Waals surface area contributed by atoms with Crippen LogP contribution in [0.5, 0.6) is 0 Å². The smallest absolute Gasteiger partial charge is 0.305 e. The van der Waals surface area contributed by atoms with E-state index in [0.29, 0.717) is 23.7 Å². The summed E-state index contributed by atoms with van der Waals surface area (Å²) in [6.45, 7) is 4.15. The minimum atomic E-state index is -3.56. The number of carbonyl (C=O) groups is 2. The first-order chi connectivity index (χ1) is 15.1. The molecule has 2 aromatic carbocycles. The van der Waals surface area contributed by atoms with Gasteiger partial charge in [-0.1, -0.05) is 36.9 Å². The van der Waals surface area contributed by atoms with Crippen LogP contribution < -0.4 is 26.4 Å². The van der Waals surface area contributed by atoms with Gasteiger partial charge in [0.05, 0.1) is 18.0 Å². The molecule has 0 aliphatic rings. The molecule has 0 fully saturated rings. The summed E-state index contributed by atoms with van der Waals surface area (Å²) in [7, 11) is -3.56. The highest BCUT2D eigenvalue weighted by molar-refractivity contribution is 7.89. The predicted octanol–water partition coefficient (Wildman–Crippen LogP) is 1.02. The SMILES string of the molecule is C=C(NCCS(N)(=O)=O)Nc1ccc(NC(CC(=O)O)C(=O)NCc2ccccc2)cc1. The Labute approximate surface area is 187 Å². The monoisotopic (exact) mass is 461 g/mol. The van der Waals surface area contributed by atoms with E-state index in [2.05, 4.69) is 27.8 Å². The predicted molar refractivity (Wildman–Crippen MR) is 123 cm³/mol. The van der Waals surface area contributed by atoms with Gasteiger partial charge in [-0.3, -0.25) is 9.59 Å². The number of carbonyl (C=O) groups excluding carboxylic acids is 1. The van der Waals surface area contributed by atoms with Crippen LogP contribution in [-0.4, -0.2) is 43.7 Å². The molecule has 0 aliphatic heterocycles. The van der Waals surface area contributed by atoms with Crippen molar-refractivity contribution in [2.45, 2.75) is 19.0 Å². The van der Waals surface area contributed by atoms with Gasteiger partial charge >= 0.3 is 5.97 Å². The van der Waals surface area contributed by atoms with E-state index in [1.165, 1.54) is 0 Å². The minimum absolute atomic E-state index is 0.110. The Balaban J connectivity index is 1.91. The summed E-state index contributed by atoms with van der Waals surface area (Å²) >= 11 is 0. The quantitative estimate of drug-likeness (QED) is 0.257. The maximum absolute atomic E-state index is 12.5. The van der Waals surface area contributed by atoms with Gasteiger partial charge in [0.1, 0.15) is 6.04 Å². The molecule has 1 atom stereocenters. The van der Waals surface area contributed by atoms with Crippen molar-refractivity contribution >= 4 is 33.3 Å². The molecule has 1 amide bonds. The third kappa shape index (κ3) is 9.49. The largest absolute Gasteiger partial charge is 0.481 e. The molecule has 0 radical (unpaired) electrons. The van der Waals surface area contributed by atoms with Crippen LogP contribution in [0.15, 0.2) is 67.0 Å². The fourth-order valence-electron chi connectivity index (χ4n) is 2.71. The van der Waals surface area contributed by atoms with Gasteiger partial charge in [-0.25, -0.2) is 13.6 Å². The van der Waals surface area contributed by atoms with Crippen LogP contribution in [-0.2, 0) is 26.2 Å². The van der Waals surface area contributed by atoms with Gasteiger partial charge in [0.2, 0.25) is 15.9 Å². The molecule has 0 spiro atoms. The average molecular weight is 462 g/mol. The number of sulfonamides is 1. The van der Waals surface area contributed by atoms with Crippen LogP contribution in [0.4, 0.5) is 11.4 Å². The Morgan fingerprint density at radius 3 is 2.22 bits per heavy atom. The third-order valence-electron chi connectivity index (χ3n) is 4.25. The Hall–Kier alpha value is -3.57. The Morgan fingerprint density at radius 1 is 1.00 bits per heavy atom. The number of aliphatic carboxylic acids is 1. The van der Waals surface area contributed by atoms with Gasteiger partial charge in [-0.15, -0.1) is 0 Å². The number of hydrogen-bond acceptors (Lipinski definition) is 7. The molecular formula is C21H27N5O5S. The molecule has 2 rings (SSSR count). The second-order valence-electron chi connectivity index (χ2n) is 6.97. The number of primary sulfonamides is 1. The van der Waals surface area contributed by atoms with E-state index in [-0.39, 0.29) is 18.7 Å². The number of hydrogen-bond donors (Lipinski definition) is 6. The molecule has 11 heteroatoms. The van der Waals surface area contributed by atoms with Crippen LogP contribution in [0.25, 0.3) is 0 Å². The average Bonchev–Trinajstić information content (AvgIpc) is 2.72. The van der Waals surface area contributed by atoms with Crippen LogP contribution in [0.1, 0.15) is 12.0 Å². The van der Waals surface area contributed by atoms with Crippen LogP contribution in [0.2, 0.25) is 0 Å². The van der Waals surface area contributed by atoms with E-state index in [0.717, 1.165) is 5.56 Å². The maximum Gasteiger partial charge on any atom is 0.305 e. The molecule has 10 nitrogen and oxygen atoms in total. The zero-order valence-corrected chi connectivity index (χ0v) is 18.2. The van der Waals surface area contributed by atoms with Crippen LogP contribution in [0.3, 0.4) is 0 Å². The third-order valence-corrected chi connectivity index (χ3v) is 5.02. The normalized spacial score (nSPS) is 11.8. The summed E-state index contributed by atoms with van der Waals surface area (Å²) in [6.07, 6.45) is -0.384. The van der Waals surface area contributed by atoms with Crippen LogP contribution in [0, 0.1) is 0 Å². The number of anilines is 2. The molecule has 7 N–H and O–H groups in total. The molecule has 2 aromatic rings. The molecule has 0 saturated carbocycles. The van der Waals surface area contributed by atoms with Crippen molar-refractivity contribution in [1.29, 1.82) is 0 Å². The van der Waals surface area contributed by atoms with Crippen molar-refractivity contribution in [3.63, 3.8) is 0 Å². The highest BCUT2D eigenvalue weighted by Gasteiger charge is 2.21. The van der Waals surface area contributed by atoms with E-state index < -0.39 is 27.9 Å². The standard InChI is InChI=1S/C21H27N5O5S/c1-15(23-11-12-32(22,30)31)25-17-7-9-18(10-8-17)26-19(13-20(27)28)21(29)24-14-16-5-3-2-4-6-16/h2-10,19,23,25-26H,1,11-14H2,(H,24,29)(H,27,28)(H2,22,30,31). The summed E-state index contributed by atoms with van der Waals surface area (Å²) in [6, 6.07) is 15.1. The number of amides is 1. The van der Waals surface area contributed by atoms with E-state index in [4.69, 9.17) is 10.2 Å². The van der Waals surface area contributed by atoms with Gasteiger partial charge in [0.15, 0.2) is 0 Å². The second-order valence-corrected chi connectivity index (χ2v) is 8.71. The highest BCUT2D eigenvalue weighted by atomic mass is 32.2. The number of benzene rings is 2. The van der Waals surface area contributed by atoms with E-state index in [1.807, 2.05) is 30.3 Å². The Morgan fingerprint density at radius 2 is 1.62 bits per heavy atom. The Bertz CT molecular complexity index is 1030. The molecule has 1 unspecified atom stereocenters. The molecule has 0 heterocycles. The lowest BCUT2D eigenvalue weighted by Gasteiger charge is -2.18. The fourth-order valence-corrected chi connectivity index (χ4v) is 3.09. The van der Waals surface area contributed by atoms with Crippen molar-refractivity contribution < 1.29 is 23.1 Å². The van der Waals surface area contributed by atoms with Crippen LogP contribution >= 0.6 is 0 Å². The number of carboxylic acids is 1. The summed E-state index contributed by atoms with van der Waals surface area (Å²) in [5, 5.41) is 25.6. The lowest BCUT2D eigenvalue weighted by molar-refractivity contribution is -0.139. The number of carboxylic acid groups (broad SMARTS) is 1. The minimum Gasteiger partial charge on any atom is -0.481 e. The first-order valence-electron chi connectivity index (χ1n) is 9.72.